The van der Waals surface area contributed by atoms with Gasteiger partial charge in [0, 0.05) is 24.5 Å². The number of nitrogens with zero attached hydrogens (tertiary/aromatic N) is 1. The van der Waals surface area contributed by atoms with Crippen molar-refractivity contribution in [1.29, 1.82) is 0 Å². The van der Waals surface area contributed by atoms with Crippen molar-refractivity contribution >= 4 is 23.2 Å². The number of amides is 1. The molecule has 1 heterocycles. The lowest BCUT2D eigenvalue weighted by Gasteiger charge is -2.17. The maximum atomic E-state index is 12.0. The number of alkyl halides is 1. The highest BCUT2D eigenvalue weighted by molar-refractivity contribution is 6.18. The van der Waals surface area contributed by atoms with Gasteiger partial charge in [-0.05, 0) is 42.3 Å². The van der Waals surface area contributed by atoms with E-state index in [1.807, 2.05) is 54.6 Å². The predicted octanol–water partition coefficient (Wildman–Crippen LogP) is 4.07. The van der Waals surface area contributed by atoms with E-state index < -0.39 is 0 Å². The Morgan fingerprint density at radius 2 is 1.71 bits per heavy atom. The lowest BCUT2D eigenvalue weighted by Crippen LogP contribution is -2.24. The molecule has 0 saturated carbocycles. The Morgan fingerprint density at radius 1 is 1.05 bits per heavy atom. The monoisotopic (exact) mass is 301 g/mol. The fraction of sp³-hybridized carbons (Fsp3) is 0.235. The minimum absolute atomic E-state index is 0.136. The van der Waals surface area contributed by atoms with Crippen LogP contribution in [0.4, 0.5) is 5.69 Å². The third-order valence-corrected chi connectivity index (χ3v) is 3.99. The number of halogens is 1. The van der Waals surface area contributed by atoms with Gasteiger partial charge in [-0.3, -0.25) is 4.79 Å². The molecule has 2 aromatic carbocycles. The highest BCUT2D eigenvalue weighted by atomic mass is 35.5. The van der Waals surface area contributed by atoms with Crippen LogP contribution in [0.3, 0.4) is 0 Å². The normalized spacial score (nSPS) is 18.0. The lowest BCUT2D eigenvalue weighted by atomic mass is 10.1. The third kappa shape index (κ3) is 3.19. The van der Waals surface area contributed by atoms with Gasteiger partial charge in [-0.2, -0.15) is 0 Å². The molecule has 3 rings (SSSR count). The second-order valence-corrected chi connectivity index (χ2v) is 5.45. The Hall–Kier alpha value is -2.00. The van der Waals surface area contributed by atoms with Crippen LogP contribution in [-0.2, 0) is 4.79 Å². The summed E-state index contributed by atoms with van der Waals surface area (Å²) in [7, 11) is 0. The van der Waals surface area contributed by atoms with Gasteiger partial charge in [0.05, 0.1) is 0 Å². The number of ether oxygens (including phenoxy) is 1. The van der Waals surface area contributed by atoms with Gasteiger partial charge < -0.3 is 9.64 Å². The number of hydrogen-bond donors (Lipinski definition) is 0. The van der Waals surface area contributed by atoms with E-state index in [9.17, 15) is 4.79 Å². The summed E-state index contributed by atoms with van der Waals surface area (Å²) in [6, 6.07) is 17.2. The highest BCUT2D eigenvalue weighted by Gasteiger charge is 2.29. The first-order chi connectivity index (χ1) is 10.3. The summed E-state index contributed by atoms with van der Waals surface area (Å²) in [6.45, 7) is 0.696. The van der Waals surface area contributed by atoms with Crippen molar-refractivity contribution in [3.05, 3.63) is 54.6 Å². The van der Waals surface area contributed by atoms with Crippen LogP contribution in [0.1, 0.15) is 6.42 Å². The van der Waals surface area contributed by atoms with E-state index in [4.69, 9.17) is 16.3 Å². The molecule has 2 aromatic rings. The summed E-state index contributed by atoms with van der Waals surface area (Å²) in [5.41, 5.74) is 0.896. The first-order valence-electron chi connectivity index (χ1n) is 6.95. The SMILES string of the molecule is O=C1CC(CCl)CN1c1ccc(Oc2ccccc2)cc1. The van der Waals surface area contributed by atoms with Crippen LogP contribution in [0, 0.1) is 5.92 Å². The first kappa shape index (κ1) is 14.0. The second kappa shape index (κ2) is 6.19. The van der Waals surface area contributed by atoms with Crippen molar-refractivity contribution in [2.75, 3.05) is 17.3 Å². The Balaban J connectivity index is 1.71. The van der Waals surface area contributed by atoms with Crippen molar-refractivity contribution < 1.29 is 9.53 Å². The second-order valence-electron chi connectivity index (χ2n) is 5.14. The molecule has 4 heteroatoms. The predicted molar refractivity (Wildman–Crippen MR) is 84.1 cm³/mol. The number of carbonyl (C=O) groups is 1. The van der Waals surface area contributed by atoms with E-state index in [2.05, 4.69) is 0 Å². The molecule has 1 saturated heterocycles. The molecule has 108 valence electrons. The molecule has 1 unspecified atom stereocenters. The maximum Gasteiger partial charge on any atom is 0.227 e. The van der Waals surface area contributed by atoms with Crippen LogP contribution in [0.15, 0.2) is 54.6 Å². The molecule has 0 bridgehead atoms. The van der Waals surface area contributed by atoms with Crippen molar-refractivity contribution in [2.45, 2.75) is 6.42 Å². The number of benzene rings is 2. The number of hydrogen-bond acceptors (Lipinski definition) is 2. The number of carbonyl (C=O) groups excluding carboxylic acids is 1. The van der Waals surface area contributed by atoms with E-state index in [0.29, 0.717) is 18.8 Å². The maximum absolute atomic E-state index is 12.0. The highest BCUT2D eigenvalue weighted by Crippen LogP contribution is 2.28. The Morgan fingerprint density at radius 3 is 2.33 bits per heavy atom. The summed E-state index contributed by atoms with van der Waals surface area (Å²) < 4.78 is 5.74. The van der Waals surface area contributed by atoms with Gasteiger partial charge in [0.25, 0.3) is 0 Å². The minimum atomic E-state index is 0.136. The molecule has 0 aromatic heterocycles. The molecular weight excluding hydrogens is 286 g/mol. The van der Waals surface area contributed by atoms with Gasteiger partial charge in [0.15, 0.2) is 0 Å². The van der Waals surface area contributed by atoms with Crippen LogP contribution < -0.4 is 9.64 Å². The Bertz CT molecular complexity index is 612. The minimum Gasteiger partial charge on any atom is -0.457 e. The standard InChI is InChI=1S/C17H16ClNO2/c18-11-13-10-17(20)19(12-13)14-6-8-16(9-7-14)21-15-4-2-1-3-5-15/h1-9,13H,10-12H2. The number of para-hydroxylation sites is 1. The van der Waals surface area contributed by atoms with E-state index in [1.165, 1.54) is 0 Å². The lowest BCUT2D eigenvalue weighted by molar-refractivity contribution is -0.117. The molecule has 0 radical (unpaired) electrons. The third-order valence-electron chi connectivity index (χ3n) is 3.55. The average molecular weight is 302 g/mol. The molecule has 0 aliphatic carbocycles. The zero-order chi connectivity index (χ0) is 14.7. The summed E-state index contributed by atoms with van der Waals surface area (Å²) in [5, 5.41) is 0. The zero-order valence-electron chi connectivity index (χ0n) is 11.5. The molecule has 3 nitrogen and oxygen atoms in total. The smallest absolute Gasteiger partial charge is 0.227 e. The molecule has 0 N–H and O–H groups in total. The van der Waals surface area contributed by atoms with Gasteiger partial charge in [-0.25, -0.2) is 0 Å². The van der Waals surface area contributed by atoms with Gasteiger partial charge in [-0.15, -0.1) is 11.6 Å². The summed E-state index contributed by atoms with van der Waals surface area (Å²) >= 11 is 5.84. The topological polar surface area (TPSA) is 29.5 Å². The Labute approximate surface area is 129 Å². The van der Waals surface area contributed by atoms with Crippen molar-refractivity contribution in [3.63, 3.8) is 0 Å². The van der Waals surface area contributed by atoms with Crippen LogP contribution in [0.5, 0.6) is 11.5 Å². The fourth-order valence-electron chi connectivity index (χ4n) is 2.45. The summed E-state index contributed by atoms with van der Waals surface area (Å²) in [6.07, 6.45) is 0.533. The molecule has 1 aliphatic rings. The van der Waals surface area contributed by atoms with E-state index >= 15 is 0 Å². The quantitative estimate of drug-likeness (QED) is 0.797. The molecular formula is C17H16ClNO2. The molecule has 1 aliphatic heterocycles. The van der Waals surface area contributed by atoms with Crippen molar-refractivity contribution in [3.8, 4) is 11.5 Å². The molecule has 1 atom stereocenters. The molecule has 1 fully saturated rings. The number of rotatable bonds is 4. The van der Waals surface area contributed by atoms with E-state index in [1.54, 1.807) is 4.90 Å². The van der Waals surface area contributed by atoms with Crippen LogP contribution in [-0.4, -0.2) is 18.3 Å². The van der Waals surface area contributed by atoms with E-state index in [-0.39, 0.29) is 11.8 Å². The molecule has 1 amide bonds. The van der Waals surface area contributed by atoms with Crippen LogP contribution >= 0.6 is 11.6 Å². The largest absolute Gasteiger partial charge is 0.457 e. The fourth-order valence-corrected chi connectivity index (χ4v) is 2.66. The van der Waals surface area contributed by atoms with Gasteiger partial charge in [0.2, 0.25) is 5.91 Å². The van der Waals surface area contributed by atoms with Crippen molar-refractivity contribution in [2.24, 2.45) is 5.92 Å². The summed E-state index contributed by atoms with van der Waals surface area (Å²) in [5.74, 6) is 2.46. The first-order valence-corrected chi connectivity index (χ1v) is 7.49. The van der Waals surface area contributed by atoms with Gasteiger partial charge >= 0.3 is 0 Å². The zero-order valence-corrected chi connectivity index (χ0v) is 12.3. The van der Waals surface area contributed by atoms with Crippen LogP contribution in [0.2, 0.25) is 0 Å². The summed E-state index contributed by atoms with van der Waals surface area (Å²) in [4.78, 5) is 13.7. The number of anilines is 1. The van der Waals surface area contributed by atoms with E-state index in [0.717, 1.165) is 17.2 Å². The average Bonchev–Trinajstić information content (AvgIpc) is 2.90. The van der Waals surface area contributed by atoms with Crippen molar-refractivity contribution in [1.82, 2.24) is 0 Å². The van der Waals surface area contributed by atoms with Crippen LogP contribution in [0.25, 0.3) is 0 Å². The van der Waals surface area contributed by atoms with Gasteiger partial charge in [0.1, 0.15) is 11.5 Å². The van der Waals surface area contributed by atoms with Gasteiger partial charge in [-0.1, -0.05) is 18.2 Å². The molecule has 0 spiro atoms. The Kier molecular flexibility index (Phi) is 4.11. The molecule has 21 heavy (non-hydrogen) atoms.